The first kappa shape index (κ1) is 16.2. The number of rotatable bonds is 9. The van der Waals surface area contributed by atoms with E-state index in [4.69, 9.17) is 16.3 Å². The Labute approximate surface area is 120 Å². The molecule has 1 aromatic rings. The van der Waals surface area contributed by atoms with E-state index in [1.54, 1.807) is 11.8 Å². The van der Waals surface area contributed by atoms with E-state index in [9.17, 15) is 4.79 Å². The highest BCUT2D eigenvalue weighted by Crippen LogP contribution is 2.23. The Balaban J connectivity index is 2.86. The Morgan fingerprint density at radius 1 is 1.53 bits per heavy atom. The Morgan fingerprint density at radius 2 is 2.26 bits per heavy atom. The number of methoxy groups -OCH3 is 1. The second-order valence-corrected chi connectivity index (χ2v) is 5.08. The van der Waals surface area contributed by atoms with Crippen LogP contribution in [0.2, 0.25) is 5.02 Å². The molecule has 0 N–H and O–H groups in total. The molecule has 4 nitrogen and oxygen atoms in total. The van der Waals surface area contributed by atoms with E-state index in [0.29, 0.717) is 23.9 Å². The molecule has 19 heavy (non-hydrogen) atoms. The number of Topliss-reactive ketones (excluding diaryl/α,β-unsaturated/α-hetero) is 1. The van der Waals surface area contributed by atoms with Gasteiger partial charge in [-0.15, -0.1) is 0 Å². The van der Waals surface area contributed by atoms with Crippen LogP contribution < -0.4 is 0 Å². The number of unbranched alkanes of at least 4 members (excludes halogenated alkanes) is 1. The molecule has 1 aromatic heterocycles. The van der Waals surface area contributed by atoms with E-state index in [-0.39, 0.29) is 11.7 Å². The number of hydrogen-bond acceptors (Lipinski definition) is 3. The number of halogens is 1. The Bertz CT molecular complexity index is 404. The van der Waals surface area contributed by atoms with Gasteiger partial charge in [-0.3, -0.25) is 9.48 Å². The summed E-state index contributed by atoms with van der Waals surface area (Å²) in [4.78, 5) is 12.6. The van der Waals surface area contributed by atoms with Gasteiger partial charge in [-0.2, -0.15) is 5.10 Å². The molecule has 0 saturated heterocycles. The average Bonchev–Trinajstić information content (AvgIpc) is 2.78. The van der Waals surface area contributed by atoms with Crippen molar-refractivity contribution in [1.82, 2.24) is 9.78 Å². The molecule has 0 aliphatic heterocycles. The molecule has 0 bridgehead atoms. The highest BCUT2D eigenvalue weighted by molar-refractivity contribution is 6.33. The third-order valence-corrected chi connectivity index (χ3v) is 3.58. The number of nitrogens with zero attached hydrogens (tertiary/aromatic N) is 2. The lowest BCUT2D eigenvalue weighted by Crippen LogP contribution is -2.20. The highest BCUT2D eigenvalue weighted by Gasteiger charge is 2.24. The number of hydrogen-bond donors (Lipinski definition) is 0. The van der Waals surface area contributed by atoms with Gasteiger partial charge in [0.25, 0.3) is 0 Å². The van der Waals surface area contributed by atoms with Crippen molar-refractivity contribution in [2.75, 3.05) is 13.7 Å². The third kappa shape index (κ3) is 4.32. The van der Waals surface area contributed by atoms with Crippen molar-refractivity contribution in [3.8, 4) is 0 Å². The summed E-state index contributed by atoms with van der Waals surface area (Å²) < 4.78 is 6.68. The summed E-state index contributed by atoms with van der Waals surface area (Å²) >= 11 is 6.11. The van der Waals surface area contributed by atoms with Crippen molar-refractivity contribution in [1.29, 1.82) is 0 Å². The van der Waals surface area contributed by atoms with Gasteiger partial charge in [0.15, 0.2) is 5.78 Å². The minimum Gasteiger partial charge on any atom is -0.383 e. The van der Waals surface area contributed by atoms with E-state index in [0.717, 1.165) is 25.7 Å². The zero-order chi connectivity index (χ0) is 14.3. The molecule has 0 radical (unpaired) electrons. The first-order valence-corrected chi connectivity index (χ1v) is 7.27. The average molecular weight is 287 g/mol. The van der Waals surface area contributed by atoms with Crippen LogP contribution in [-0.4, -0.2) is 29.3 Å². The summed E-state index contributed by atoms with van der Waals surface area (Å²) in [5.74, 6) is 0.144. The Kier molecular flexibility index (Phi) is 7.10. The van der Waals surface area contributed by atoms with Gasteiger partial charge in [-0.25, -0.2) is 0 Å². The molecule has 1 heterocycles. The molecule has 0 aliphatic rings. The number of carbonyl (C=O) groups excluding carboxylic acids is 1. The Hall–Kier alpha value is -0.870. The lowest BCUT2D eigenvalue weighted by Gasteiger charge is -2.14. The summed E-state index contributed by atoms with van der Waals surface area (Å²) in [6.07, 6.45) is 5.45. The first-order chi connectivity index (χ1) is 9.15. The van der Waals surface area contributed by atoms with E-state index < -0.39 is 0 Å². The molecule has 1 atom stereocenters. The first-order valence-electron chi connectivity index (χ1n) is 6.90. The highest BCUT2D eigenvalue weighted by atomic mass is 35.5. The number of aromatic nitrogens is 2. The van der Waals surface area contributed by atoms with Crippen LogP contribution in [0.3, 0.4) is 0 Å². The summed E-state index contributed by atoms with van der Waals surface area (Å²) in [5.41, 5.74) is 0.529. The smallest absolute Gasteiger partial charge is 0.185 e. The number of carbonyl (C=O) groups is 1. The summed E-state index contributed by atoms with van der Waals surface area (Å²) in [6, 6.07) is 0. The van der Waals surface area contributed by atoms with Gasteiger partial charge in [0.2, 0.25) is 0 Å². The summed E-state index contributed by atoms with van der Waals surface area (Å²) in [6.45, 7) is 5.24. The minimum absolute atomic E-state index is 0.0374. The third-order valence-electron chi connectivity index (χ3n) is 3.31. The second kappa shape index (κ2) is 8.33. The fraction of sp³-hybridized carbons (Fsp3) is 0.714. The zero-order valence-corrected chi connectivity index (χ0v) is 12.7. The zero-order valence-electron chi connectivity index (χ0n) is 12.0. The van der Waals surface area contributed by atoms with Crippen LogP contribution in [-0.2, 0) is 11.3 Å². The maximum atomic E-state index is 12.6. The molecule has 0 spiro atoms. The van der Waals surface area contributed by atoms with Gasteiger partial charge in [0, 0.05) is 13.0 Å². The molecule has 0 aromatic carbocycles. The van der Waals surface area contributed by atoms with Crippen LogP contribution in [0.4, 0.5) is 0 Å². The van der Waals surface area contributed by atoms with Gasteiger partial charge < -0.3 is 4.74 Å². The van der Waals surface area contributed by atoms with Crippen molar-refractivity contribution in [2.45, 2.75) is 46.1 Å². The number of ketones is 1. The van der Waals surface area contributed by atoms with Gasteiger partial charge in [0.1, 0.15) is 5.69 Å². The standard InChI is InChI=1S/C14H23ClN2O2/c1-4-6-7-11(5-2)14(18)13-12(15)10-16-17(13)8-9-19-3/h10-11H,4-9H2,1-3H3. The molecule has 0 saturated carbocycles. The molecule has 1 unspecified atom stereocenters. The van der Waals surface area contributed by atoms with Crippen molar-refractivity contribution in [3.63, 3.8) is 0 Å². The molecule has 0 fully saturated rings. The van der Waals surface area contributed by atoms with E-state index >= 15 is 0 Å². The molecule has 5 heteroatoms. The quantitative estimate of drug-likeness (QED) is 0.652. The fourth-order valence-corrected chi connectivity index (χ4v) is 2.35. The normalized spacial score (nSPS) is 12.6. The molecule has 0 aliphatic carbocycles. The predicted octanol–water partition coefficient (Wildman–Crippen LogP) is 3.58. The van der Waals surface area contributed by atoms with Crippen molar-refractivity contribution in [3.05, 3.63) is 16.9 Å². The molecule has 1 rings (SSSR count). The number of ether oxygens (including phenoxy) is 1. The topological polar surface area (TPSA) is 44.1 Å². The van der Waals surface area contributed by atoms with Gasteiger partial charge >= 0.3 is 0 Å². The van der Waals surface area contributed by atoms with Gasteiger partial charge in [-0.05, 0) is 12.8 Å². The van der Waals surface area contributed by atoms with Crippen LogP contribution in [0.5, 0.6) is 0 Å². The largest absolute Gasteiger partial charge is 0.383 e. The van der Waals surface area contributed by atoms with E-state index in [1.165, 1.54) is 6.20 Å². The molecular formula is C14H23ClN2O2. The minimum atomic E-state index is 0.0374. The lowest BCUT2D eigenvalue weighted by atomic mass is 9.93. The predicted molar refractivity (Wildman–Crippen MR) is 76.7 cm³/mol. The monoisotopic (exact) mass is 286 g/mol. The van der Waals surface area contributed by atoms with Crippen molar-refractivity contribution in [2.24, 2.45) is 5.92 Å². The summed E-state index contributed by atoms with van der Waals surface area (Å²) in [5, 5.41) is 4.60. The maximum absolute atomic E-state index is 12.6. The SMILES string of the molecule is CCCCC(CC)C(=O)c1c(Cl)cnn1CCOC. The van der Waals surface area contributed by atoms with Crippen LogP contribution in [0.1, 0.15) is 50.0 Å². The van der Waals surface area contributed by atoms with Crippen LogP contribution in [0, 0.1) is 5.92 Å². The second-order valence-electron chi connectivity index (χ2n) is 4.67. The van der Waals surface area contributed by atoms with Crippen LogP contribution >= 0.6 is 11.6 Å². The van der Waals surface area contributed by atoms with Crippen molar-refractivity contribution < 1.29 is 9.53 Å². The maximum Gasteiger partial charge on any atom is 0.185 e. The summed E-state index contributed by atoms with van der Waals surface area (Å²) in [7, 11) is 1.63. The lowest BCUT2D eigenvalue weighted by molar-refractivity contribution is 0.0893. The van der Waals surface area contributed by atoms with Crippen molar-refractivity contribution >= 4 is 17.4 Å². The van der Waals surface area contributed by atoms with E-state index in [1.807, 2.05) is 6.92 Å². The van der Waals surface area contributed by atoms with Crippen LogP contribution in [0.15, 0.2) is 6.20 Å². The molecular weight excluding hydrogens is 264 g/mol. The molecule has 108 valence electrons. The fourth-order valence-electron chi connectivity index (χ4n) is 2.12. The Morgan fingerprint density at radius 3 is 2.84 bits per heavy atom. The van der Waals surface area contributed by atoms with Gasteiger partial charge in [0.05, 0.1) is 24.4 Å². The van der Waals surface area contributed by atoms with E-state index in [2.05, 4.69) is 12.0 Å². The van der Waals surface area contributed by atoms with Gasteiger partial charge in [-0.1, -0.05) is 38.3 Å². The van der Waals surface area contributed by atoms with Crippen LogP contribution in [0.25, 0.3) is 0 Å². The molecule has 0 amide bonds.